The number of benzene rings is 1. The van der Waals surface area contributed by atoms with Crippen LogP contribution in [0.15, 0.2) is 29.3 Å². The van der Waals surface area contributed by atoms with E-state index in [9.17, 15) is 4.79 Å². The molecule has 33 heavy (non-hydrogen) atoms. The molecule has 0 aliphatic carbocycles. The summed E-state index contributed by atoms with van der Waals surface area (Å²) in [7, 11) is 1.74. The number of unbranched alkanes of at least 4 members (excludes halogenated alkanes) is 1. The van der Waals surface area contributed by atoms with E-state index < -0.39 is 0 Å². The van der Waals surface area contributed by atoms with Crippen LogP contribution in [0.3, 0.4) is 0 Å². The molecule has 0 radical (unpaired) electrons. The standard InChI is InChI=1S/C27H39N3O3/c1-9-11-12-24(31)32-18-33-26(25-19(3)20(4)29-30(25)10-2)23(17-28-8)21-13-15-22(16-14-21)27(5,6)7/h13-17H,9-12,18H2,1-8H3/b26-23-,28-17?. The van der Waals surface area contributed by atoms with Crippen LogP contribution in [-0.4, -0.2) is 35.8 Å². The number of aryl methyl sites for hydroxylation is 2. The van der Waals surface area contributed by atoms with Crippen molar-refractivity contribution in [3.8, 4) is 0 Å². The summed E-state index contributed by atoms with van der Waals surface area (Å²) >= 11 is 0. The molecular formula is C27H39N3O3. The second-order valence-corrected chi connectivity index (χ2v) is 9.21. The monoisotopic (exact) mass is 453 g/mol. The Morgan fingerprint density at radius 3 is 2.33 bits per heavy atom. The Kier molecular flexibility index (Phi) is 9.44. The number of nitrogens with zero attached hydrogens (tertiary/aromatic N) is 3. The van der Waals surface area contributed by atoms with Gasteiger partial charge in [0.1, 0.15) is 5.69 Å². The first-order valence-electron chi connectivity index (χ1n) is 11.7. The predicted molar refractivity (Wildman–Crippen MR) is 135 cm³/mol. The number of aliphatic imine (C=N–C) groups is 1. The van der Waals surface area contributed by atoms with Gasteiger partial charge in [0.2, 0.25) is 6.79 Å². The van der Waals surface area contributed by atoms with E-state index in [0.717, 1.165) is 40.9 Å². The number of carbonyl (C=O) groups excluding carboxylic acids is 1. The highest BCUT2D eigenvalue weighted by molar-refractivity contribution is 6.18. The maximum atomic E-state index is 12.0. The Labute approximate surface area is 198 Å². The Bertz CT molecular complexity index is 993. The molecule has 0 aliphatic heterocycles. The van der Waals surface area contributed by atoms with E-state index >= 15 is 0 Å². The maximum absolute atomic E-state index is 12.0. The molecule has 1 aromatic heterocycles. The van der Waals surface area contributed by atoms with Crippen molar-refractivity contribution in [2.45, 2.75) is 79.7 Å². The summed E-state index contributed by atoms with van der Waals surface area (Å²) < 4.78 is 13.5. The van der Waals surface area contributed by atoms with Gasteiger partial charge in [-0.25, -0.2) is 0 Å². The minimum absolute atomic E-state index is 0.0573. The third-order valence-corrected chi connectivity index (χ3v) is 5.66. The van der Waals surface area contributed by atoms with Crippen LogP contribution >= 0.6 is 0 Å². The fraction of sp³-hybridized carbons (Fsp3) is 0.519. The van der Waals surface area contributed by atoms with Gasteiger partial charge in [-0.15, -0.1) is 0 Å². The Hall–Kier alpha value is -2.89. The minimum Gasteiger partial charge on any atom is -0.454 e. The molecule has 0 unspecified atom stereocenters. The van der Waals surface area contributed by atoms with Crippen LogP contribution in [-0.2, 0) is 26.2 Å². The average Bonchev–Trinajstić information content (AvgIpc) is 3.07. The molecule has 0 saturated heterocycles. The minimum atomic E-state index is -0.256. The number of rotatable bonds is 10. The van der Waals surface area contributed by atoms with Gasteiger partial charge in [0.05, 0.1) is 5.69 Å². The van der Waals surface area contributed by atoms with Gasteiger partial charge >= 0.3 is 5.97 Å². The van der Waals surface area contributed by atoms with Crippen molar-refractivity contribution in [3.05, 3.63) is 52.3 Å². The first-order valence-corrected chi connectivity index (χ1v) is 11.7. The SMILES string of the molecule is CCCCC(=O)OCO/C(=C(/C=NC)c1ccc(C(C)(C)C)cc1)c1c(C)c(C)nn1CC. The van der Waals surface area contributed by atoms with Gasteiger partial charge in [-0.2, -0.15) is 5.10 Å². The second-order valence-electron chi connectivity index (χ2n) is 9.21. The fourth-order valence-electron chi connectivity index (χ4n) is 3.55. The van der Waals surface area contributed by atoms with E-state index in [1.54, 1.807) is 13.3 Å². The lowest BCUT2D eigenvalue weighted by molar-refractivity contribution is -0.151. The van der Waals surface area contributed by atoms with Crippen molar-refractivity contribution in [1.82, 2.24) is 9.78 Å². The lowest BCUT2D eigenvalue weighted by Crippen LogP contribution is -2.13. The summed E-state index contributed by atoms with van der Waals surface area (Å²) in [5, 5.41) is 4.67. The summed E-state index contributed by atoms with van der Waals surface area (Å²) in [5.41, 5.74) is 5.93. The van der Waals surface area contributed by atoms with Crippen molar-refractivity contribution in [2.24, 2.45) is 4.99 Å². The molecule has 0 amide bonds. The molecule has 180 valence electrons. The molecule has 6 nitrogen and oxygen atoms in total. The normalized spacial score (nSPS) is 12.7. The largest absolute Gasteiger partial charge is 0.454 e. The molecule has 0 aliphatic rings. The van der Waals surface area contributed by atoms with Crippen molar-refractivity contribution < 1.29 is 14.3 Å². The van der Waals surface area contributed by atoms with E-state index in [0.29, 0.717) is 18.7 Å². The van der Waals surface area contributed by atoms with Crippen LogP contribution in [0.25, 0.3) is 11.3 Å². The second kappa shape index (κ2) is 11.8. The molecule has 1 heterocycles. The van der Waals surface area contributed by atoms with Gasteiger partial charge in [-0.3, -0.25) is 14.5 Å². The number of hydrogen-bond acceptors (Lipinski definition) is 5. The molecule has 0 atom stereocenters. The molecule has 0 saturated carbocycles. The number of hydrogen-bond donors (Lipinski definition) is 0. The Morgan fingerprint density at radius 2 is 1.79 bits per heavy atom. The zero-order chi connectivity index (χ0) is 24.6. The smallest absolute Gasteiger partial charge is 0.308 e. The zero-order valence-electron chi connectivity index (χ0n) is 21.5. The Morgan fingerprint density at radius 1 is 1.12 bits per heavy atom. The highest BCUT2D eigenvalue weighted by atomic mass is 16.7. The molecule has 0 spiro atoms. The molecule has 1 aromatic carbocycles. The van der Waals surface area contributed by atoms with Crippen LogP contribution in [0.5, 0.6) is 0 Å². The third-order valence-electron chi connectivity index (χ3n) is 5.66. The summed E-state index contributed by atoms with van der Waals surface area (Å²) in [6, 6.07) is 8.44. The molecular weight excluding hydrogens is 414 g/mol. The van der Waals surface area contributed by atoms with E-state index in [4.69, 9.17) is 9.47 Å². The molecule has 0 N–H and O–H groups in total. The van der Waals surface area contributed by atoms with E-state index in [-0.39, 0.29) is 18.2 Å². The van der Waals surface area contributed by atoms with Crippen LogP contribution in [0, 0.1) is 13.8 Å². The molecule has 2 aromatic rings. The molecule has 0 fully saturated rings. The number of esters is 1. The summed E-state index contributed by atoms with van der Waals surface area (Å²) in [5.74, 6) is 0.348. The van der Waals surface area contributed by atoms with Crippen molar-refractivity contribution in [2.75, 3.05) is 13.8 Å². The van der Waals surface area contributed by atoms with Crippen LogP contribution in [0.2, 0.25) is 0 Å². The summed E-state index contributed by atoms with van der Waals surface area (Å²) in [6.45, 7) is 15.2. The van der Waals surface area contributed by atoms with E-state index in [2.05, 4.69) is 55.1 Å². The van der Waals surface area contributed by atoms with Gasteiger partial charge in [0, 0.05) is 37.4 Å². The fourth-order valence-corrected chi connectivity index (χ4v) is 3.55. The molecule has 0 bridgehead atoms. The molecule has 2 rings (SSSR count). The van der Waals surface area contributed by atoms with Gasteiger partial charge < -0.3 is 9.47 Å². The van der Waals surface area contributed by atoms with Crippen molar-refractivity contribution in [1.29, 1.82) is 0 Å². The van der Waals surface area contributed by atoms with Gasteiger partial charge in [0.15, 0.2) is 5.76 Å². The van der Waals surface area contributed by atoms with Gasteiger partial charge in [-0.1, -0.05) is 58.4 Å². The summed E-state index contributed by atoms with van der Waals surface area (Å²) in [4.78, 5) is 16.4. The number of allylic oxidation sites excluding steroid dienone is 1. The summed E-state index contributed by atoms with van der Waals surface area (Å²) in [6.07, 6.45) is 3.93. The van der Waals surface area contributed by atoms with Gasteiger partial charge in [-0.05, 0) is 43.7 Å². The molecule has 6 heteroatoms. The topological polar surface area (TPSA) is 65.7 Å². The number of ether oxygens (including phenoxy) is 2. The maximum Gasteiger partial charge on any atom is 0.308 e. The zero-order valence-corrected chi connectivity index (χ0v) is 21.5. The van der Waals surface area contributed by atoms with E-state index in [1.807, 2.05) is 32.4 Å². The van der Waals surface area contributed by atoms with Crippen LogP contribution in [0.1, 0.15) is 82.0 Å². The number of aromatic nitrogens is 2. The van der Waals surface area contributed by atoms with Crippen LogP contribution in [0.4, 0.5) is 0 Å². The van der Waals surface area contributed by atoms with Gasteiger partial charge in [0.25, 0.3) is 0 Å². The highest BCUT2D eigenvalue weighted by Gasteiger charge is 2.22. The quantitative estimate of drug-likeness (QED) is 0.189. The van der Waals surface area contributed by atoms with Crippen molar-refractivity contribution in [3.63, 3.8) is 0 Å². The first-order chi connectivity index (χ1) is 15.6. The van der Waals surface area contributed by atoms with Crippen molar-refractivity contribution >= 4 is 23.5 Å². The van der Waals surface area contributed by atoms with E-state index in [1.165, 1.54) is 5.56 Å². The highest BCUT2D eigenvalue weighted by Crippen LogP contribution is 2.31. The number of carbonyl (C=O) groups is 1. The first kappa shape index (κ1) is 26.4. The Balaban J connectivity index is 2.57. The predicted octanol–water partition coefficient (Wildman–Crippen LogP) is 6.09. The average molecular weight is 454 g/mol. The third kappa shape index (κ3) is 6.80. The lowest BCUT2D eigenvalue weighted by atomic mass is 9.86. The van der Waals surface area contributed by atoms with Crippen LogP contribution < -0.4 is 0 Å². The lowest BCUT2D eigenvalue weighted by Gasteiger charge is -2.20.